The van der Waals surface area contributed by atoms with Gasteiger partial charge in [-0.2, -0.15) is 0 Å². The number of hydrogen-bond acceptors (Lipinski definition) is 5. The van der Waals surface area contributed by atoms with Crippen molar-refractivity contribution in [3.63, 3.8) is 0 Å². The first kappa shape index (κ1) is 18.9. The van der Waals surface area contributed by atoms with Crippen molar-refractivity contribution in [2.75, 3.05) is 26.0 Å². The fraction of sp³-hybridized carbons (Fsp3) is 0.588. The van der Waals surface area contributed by atoms with Gasteiger partial charge in [0.2, 0.25) is 0 Å². The Morgan fingerprint density at radius 1 is 1.22 bits per heavy atom. The molecule has 0 aromatic heterocycles. The van der Waals surface area contributed by atoms with Gasteiger partial charge in [-0.3, -0.25) is 0 Å². The third-order valence-electron chi connectivity index (χ3n) is 2.96. The predicted octanol–water partition coefficient (Wildman–Crippen LogP) is 3.35. The number of ether oxygens (including phenoxy) is 3. The van der Waals surface area contributed by atoms with E-state index in [1.54, 1.807) is 19.2 Å². The van der Waals surface area contributed by atoms with Crippen LogP contribution in [0.15, 0.2) is 18.2 Å². The lowest BCUT2D eigenvalue weighted by Crippen LogP contribution is -2.33. The molecular formula is C17H28N2O4. The summed E-state index contributed by atoms with van der Waals surface area (Å²) in [7, 11) is 1.58. The first-order valence-corrected chi connectivity index (χ1v) is 7.85. The van der Waals surface area contributed by atoms with Gasteiger partial charge in [0, 0.05) is 12.6 Å². The lowest BCUT2D eigenvalue weighted by atomic mass is 10.2. The van der Waals surface area contributed by atoms with Crippen LogP contribution in [0.2, 0.25) is 0 Å². The Hall–Kier alpha value is -2.11. The van der Waals surface area contributed by atoms with Crippen molar-refractivity contribution in [1.29, 1.82) is 0 Å². The van der Waals surface area contributed by atoms with Gasteiger partial charge in [-0.1, -0.05) is 0 Å². The van der Waals surface area contributed by atoms with E-state index in [2.05, 4.69) is 5.32 Å². The highest BCUT2D eigenvalue weighted by Crippen LogP contribution is 2.26. The molecule has 1 amide bonds. The van der Waals surface area contributed by atoms with Crippen molar-refractivity contribution in [1.82, 2.24) is 5.32 Å². The van der Waals surface area contributed by atoms with Gasteiger partial charge in [0.05, 0.1) is 19.4 Å². The van der Waals surface area contributed by atoms with Gasteiger partial charge in [-0.25, -0.2) is 4.79 Å². The second-order valence-electron chi connectivity index (χ2n) is 6.24. The van der Waals surface area contributed by atoms with Crippen LogP contribution < -0.4 is 20.5 Å². The standard InChI is InChI=1S/C17H28N2O4/c1-17(2,3)23-16(20)19-10-6-5-7-11-22-13-8-9-14(18)15(12-13)21-4/h8-9,12H,5-7,10-11,18H2,1-4H3,(H,19,20). The Kier molecular flexibility index (Phi) is 7.51. The molecule has 6 heteroatoms. The Morgan fingerprint density at radius 2 is 1.96 bits per heavy atom. The number of nitrogens with one attached hydrogen (secondary N) is 1. The van der Waals surface area contributed by atoms with Crippen LogP contribution in [0.4, 0.5) is 10.5 Å². The van der Waals surface area contributed by atoms with Crippen molar-refractivity contribution < 1.29 is 19.0 Å². The number of nitrogens with two attached hydrogens (primary N) is 1. The van der Waals surface area contributed by atoms with Crippen molar-refractivity contribution in [2.24, 2.45) is 0 Å². The zero-order chi connectivity index (χ0) is 17.3. The maximum atomic E-state index is 11.4. The number of benzene rings is 1. The van der Waals surface area contributed by atoms with Gasteiger partial charge in [0.25, 0.3) is 0 Å². The van der Waals surface area contributed by atoms with Gasteiger partial charge in [0.15, 0.2) is 0 Å². The zero-order valence-corrected chi connectivity index (χ0v) is 14.5. The molecule has 0 fully saturated rings. The van der Waals surface area contributed by atoms with E-state index in [9.17, 15) is 4.79 Å². The fourth-order valence-corrected chi connectivity index (χ4v) is 1.88. The quantitative estimate of drug-likeness (QED) is 0.566. The number of anilines is 1. The van der Waals surface area contributed by atoms with Gasteiger partial charge >= 0.3 is 6.09 Å². The number of carbonyl (C=O) groups excluding carboxylic acids is 1. The Balaban J connectivity index is 2.11. The van der Waals surface area contributed by atoms with E-state index in [-0.39, 0.29) is 6.09 Å². The molecule has 0 aliphatic carbocycles. The van der Waals surface area contributed by atoms with Gasteiger partial charge in [0.1, 0.15) is 17.1 Å². The lowest BCUT2D eigenvalue weighted by Gasteiger charge is -2.19. The summed E-state index contributed by atoms with van der Waals surface area (Å²) in [5.41, 5.74) is 5.88. The van der Waals surface area contributed by atoms with E-state index in [1.165, 1.54) is 0 Å². The molecule has 0 saturated carbocycles. The largest absolute Gasteiger partial charge is 0.494 e. The summed E-state index contributed by atoms with van der Waals surface area (Å²) in [4.78, 5) is 11.4. The first-order chi connectivity index (χ1) is 10.8. The highest BCUT2D eigenvalue weighted by atomic mass is 16.6. The molecule has 0 atom stereocenters. The fourth-order valence-electron chi connectivity index (χ4n) is 1.88. The molecule has 23 heavy (non-hydrogen) atoms. The minimum absolute atomic E-state index is 0.372. The Labute approximate surface area is 138 Å². The summed E-state index contributed by atoms with van der Waals surface area (Å²) in [6.45, 7) is 6.74. The summed E-state index contributed by atoms with van der Waals surface area (Å²) in [6, 6.07) is 5.36. The topological polar surface area (TPSA) is 82.8 Å². The third-order valence-corrected chi connectivity index (χ3v) is 2.96. The maximum absolute atomic E-state index is 11.4. The number of rotatable bonds is 8. The Morgan fingerprint density at radius 3 is 2.61 bits per heavy atom. The molecule has 6 nitrogen and oxygen atoms in total. The third kappa shape index (κ3) is 8.18. The predicted molar refractivity (Wildman–Crippen MR) is 91.0 cm³/mol. The summed E-state index contributed by atoms with van der Waals surface area (Å²) in [5, 5.41) is 2.74. The van der Waals surface area contributed by atoms with Crippen LogP contribution >= 0.6 is 0 Å². The van der Waals surface area contributed by atoms with Crippen LogP contribution in [0.1, 0.15) is 40.0 Å². The van der Waals surface area contributed by atoms with Crippen LogP contribution in [0.5, 0.6) is 11.5 Å². The molecule has 0 unspecified atom stereocenters. The molecule has 0 spiro atoms. The van der Waals surface area contributed by atoms with E-state index < -0.39 is 5.60 Å². The Bertz CT molecular complexity index is 498. The summed E-state index contributed by atoms with van der Waals surface area (Å²) in [6.07, 6.45) is 2.38. The van der Waals surface area contributed by atoms with Crippen LogP contribution in [-0.2, 0) is 4.74 Å². The number of hydrogen-bond donors (Lipinski definition) is 2. The number of alkyl carbamates (subject to hydrolysis) is 1. The molecule has 130 valence electrons. The van der Waals surface area contributed by atoms with E-state index >= 15 is 0 Å². The minimum atomic E-state index is -0.460. The summed E-state index contributed by atoms with van der Waals surface area (Å²) in [5.74, 6) is 1.35. The SMILES string of the molecule is COc1cc(OCCCCCNC(=O)OC(C)(C)C)ccc1N. The monoisotopic (exact) mass is 324 g/mol. The number of carbonyl (C=O) groups is 1. The van der Waals surface area contributed by atoms with Gasteiger partial charge < -0.3 is 25.3 Å². The van der Waals surface area contributed by atoms with Gasteiger partial charge in [-0.05, 0) is 52.2 Å². The molecule has 3 N–H and O–H groups in total. The van der Waals surface area contributed by atoms with E-state index in [0.29, 0.717) is 24.6 Å². The lowest BCUT2D eigenvalue weighted by molar-refractivity contribution is 0.0527. The number of amides is 1. The zero-order valence-electron chi connectivity index (χ0n) is 14.5. The second kappa shape index (κ2) is 9.12. The molecule has 0 radical (unpaired) electrons. The molecule has 1 aromatic rings. The number of unbranched alkanes of at least 4 members (excludes halogenated alkanes) is 2. The molecule has 0 aliphatic heterocycles. The van der Waals surface area contributed by atoms with E-state index in [4.69, 9.17) is 19.9 Å². The second-order valence-corrected chi connectivity index (χ2v) is 6.24. The average Bonchev–Trinajstić information content (AvgIpc) is 2.46. The first-order valence-electron chi connectivity index (χ1n) is 7.85. The highest BCUT2D eigenvalue weighted by Gasteiger charge is 2.15. The highest BCUT2D eigenvalue weighted by molar-refractivity contribution is 5.67. The van der Waals surface area contributed by atoms with Gasteiger partial charge in [-0.15, -0.1) is 0 Å². The van der Waals surface area contributed by atoms with Crippen molar-refractivity contribution in [3.05, 3.63) is 18.2 Å². The smallest absolute Gasteiger partial charge is 0.407 e. The van der Waals surface area contributed by atoms with E-state index in [0.717, 1.165) is 25.0 Å². The molecule has 0 aliphatic rings. The summed E-state index contributed by atoms with van der Waals surface area (Å²) < 4.78 is 16.0. The normalized spacial score (nSPS) is 11.0. The maximum Gasteiger partial charge on any atom is 0.407 e. The molecule has 0 saturated heterocycles. The van der Waals surface area contributed by atoms with Crippen molar-refractivity contribution >= 4 is 11.8 Å². The van der Waals surface area contributed by atoms with Crippen LogP contribution in [0.3, 0.4) is 0 Å². The molecule has 0 bridgehead atoms. The molecule has 1 aromatic carbocycles. The van der Waals surface area contributed by atoms with Crippen LogP contribution in [-0.4, -0.2) is 32.0 Å². The molecular weight excluding hydrogens is 296 g/mol. The van der Waals surface area contributed by atoms with Crippen LogP contribution in [0, 0.1) is 0 Å². The van der Waals surface area contributed by atoms with E-state index in [1.807, 2.05) is 26.8 Å². The number of nitrogen functional groups attached to an aromatic ring is 1. The average molecular weight is 324 g/mol. The van der Waals surface area contributed by atoms with Crippen molar-refractivity contribution in [3.8, 4) is 11.5 Å². The molecule has 1 rings (SSSR count). The van der Waals surface area contributed by atoms with Crippen molar-refractivity contribution in [2.45, 2.75) is 45.6 Å². The van der Waals surface area contributed by atoms with Crippen LogP contribution in [0.25, 0.3) is 0 Å². The number of methoxy groups -OCH3 is 1. The molecule has 0 heterocycles. The minimum Gasteiger partial charge on any atom is -0.494 e. The summed E-state index contributed by atoms with van der Waals surface area (Å²) >= 11 is 0.